The number of fused-ring (bicyclic) bond motifs is 4. The third-order valence-electron chi connectivity index (χ3n) is 13.7. The summed E-state index contributed by atoms with van der Waals surface area (Å²) in [7, 11) is 2.20. The first kappa shape index (κ1) is 31.5. The van der Waals surface area contributed by atoms with Gasteiger partial charge in [0, 0.05) is 13.1 Å². The highest BCUT2D eigenvalue weighted by atomic mass is 16.5. The van der Waals surface area contributed by atoms with Crippen molar-refractivity contribution in [3.63, 3.8) is 0 Å². The molecule has 6 fully saturated rings. The Balaban J connectivity index is 0.000000810. The maximum Gasteiger partial charge on any atom is 0.0874 e. The van der Waals surface area contributed by atoms with Gasteiger partial charge < -0.3 is 14.9 Å². The van der Waals surface area contributed by atoms with E-state index in [2.05, 4.69) is 63.1 Å². The first-order valence-electron chi connectivity index (χ1n) is 17.5. The minimum Gasteiger partial charge on any atom is -0.393 e. The van der Waals surface area contributed by atoms with E-state index >= 15 is 0 Å². The van der Waals surface area contributed by atoms with E-state index in [4.69, 9.17) is 4.74 Å². The van der Waals surface area contributed by atoms with Crippen LogP contribution < -0.4 is 0 Å². The predicted molar refractivity (Wildman–Crippen MR) is 168 cm³/mol. The second-order valence-electron chi connectivity index (χ2n) is 14.7. The summed E-state index contributed by atoms with van der Waals surface area (Å²) in [5.41, 5.74) is 2.37. The van der Waals surface area contributed by atoms with Crippen molar-refractivity contribution in [3.05, 3.63) is 35.9 Å². The molecule has 1 aromatic carbocycles. The van der Waals surface area contributed by atoms with Crippen LogP contribution in [-0.4, -0.2) is 53.1 Å². The lowest BCUT2D eigenvalue weighted by molar-refractivity contribution is -0.128. The predicted octanol–water partition coefficient (Wildman–Crippen LogP) is 7.56. The number of benzene rings is 1. The van der Waals surface area contributed by atoms with Crippen molar-refractivity contribution in [1.29, 1.82) is 0 Å². The molecule has 0 aromatic heterocycles. The van der Waals surface area contributed by atoms with Crippen molar-refractivity contribution in [2.45, 2.75) is 131 Å². The van der Waals surface area contributed by atoms with Crippen molar-refractivity contribution in [2.75, 3.05) is 13.6 Å². The Bertz CT molecular complexity index is 1020. The van der Waals surface area contributed by atoms with Gasteiger partial charge in [-0.1, -0.05) is 78.8 Å². The summed E-state index contributed by atoms with van der Waals surface area (Å²) in [6.45, 7) is 17.3. The highest BCUT2D eigenvalue weighted by Gasteiger charge is 2.84. The number of rotatable bonds is 4. The van der Waals surface area contributed by atoms with Crippen LogP contribution >= 0.6 is 0 Å². The van der Waals surface area contributed by atoms with Crippen molar-refractivity contribution in [1.82, 2.24) is 4.90 Å². The van der Waals surface area contributed by atoms with E-state index in [1.54, 1.807) is 0 Å². The molecule has 1 saturated heterocycles. The molecule has 232 valence electrons. The molecule has 0 radical (unpaired) electrons. The van der Waals surface area contributed by atoms with Crippen LogP contribution in [0.2, 0.25) is 0 Å². The molecule has 4 heteroatoms. The molecule has 6 aliphatic rings. The van der Waals surface area contributed by atoms with Gasteiger partial charge in [0.1, 0.15) is 0 Å². The lowest BCUT2D eigenvalue weighted by Gasteiger charge is -2.57. The van der Waals surface area contributed by atoms with Crippen molar-refractivity contribution in [3.8, 4) is 0 Å². The van der Waals surface area contributed by atoms with Crippen LogP contribution in [0.25, 0.3) is 0 Å². The molecule has 2 spiro atoms. The highest BCUT2D eigenvalue weighted by Crippen LogP contribution is 2.88. The maximum absolute atomic E-state index is 12.0. The number of hydrogen-bond donors (Lipinski definition) is 2. The summed E-state index contributed by atoms with van der Waals surface area (Å²) in [4.78, 5) is 2.39. The molecule has 0 bridgehead atoms. The molecule has 1 aromatic rings. The summed E-state index contributed by atoms with van der Waals surface area (Å²) in [5.74, 6) is 3.35. The van der Waals surface area contributed by atoms with Crippen LogP contribution in [0.15, 0.2) is 30.3 Å². The Morgan fingerprint density at radius 1 is 0.829 bits per heavy atom. The summed E-state index contributed by atoms with van der Waals surface area (Å²) in [6.07, 6.45) is 9.36. The van der Waals surface area contributed by atoms with E-state index in [0.29, 0.717) is 40.4 Å². The zero-order valence-corrected chi connectivity index (χ0v) is 27.5. The van der Waals surface area contributed by atoms with Gasteiger partial charge in [-0.15, -0.1) is 0 Å². The molecule has 1 heterocycles. The molecule has 10 unspecified atom stereocenters. The van der Waals surface area contributed by atoms with E-state index in [0.717, 1.165) is 31.8 Å². The lowest BCUT2D eigenvalue weighted by atomic mass is 9.48. The molecular formula is C37H61NO3. The molecule has 7 rings (SSSR count). The van der Waals surface area contributed by atoms with Gasteiger partial charge in [-0.25, -0.2) is 0 Å². The molecular weight excluding hydrogens is 506 g/mol. The topological polar surface area (TPSA) is 52.9 Å². The minimum atomic E-state index is -0.326. The van der Waals surface area contributed by atoms with Gasteiger partial charge in [-0.2, -0.15) is 0 Å². The summed E-state index contributed by atoms with van der Waals surface area (Å²) < 4.78 is 6.85. The van der Waals surface area contributed by atoms with Crippen molar-refractivity contribution >= 4 is 0 Å². The van der Waals surface area contributed by atoms with E-state index in [1.807, 2.05) is 27.7 Å². The first-order chi connectivity index (χ1) is 19.7. The second kappa shape index (κ2) is 11.9. The average molecular weight is 568 g/mol. The van der Waals surface area contributed by atoms with Crippen LogP contribution in [0, 0.1) is 51.8 Å². The molecule has 5 saturated carbocycles. The number of hydrogen-bond acceptors (Lipinski definition) is 4. The molecule has 13 atom stereocenters. The SMILES string of the molecule is CC.CC.CC1C(O)CCC23C1CCC1C4[C@@H](O)C5O[C@@H](CN(C)Cc6ccccc6)CCC5C4(C)CCC12[C@@H]3C. The molecule has 0 amide bonds. The fourth-order valence-electron chi connectivity index (χ4n) is 12.3. The van der Waals surface area contributed by atoms with Gasteiger partial charge in [-0.05, 0) is 116 Å². The van der Waals surface area contributed by atoms with E-state index < -0.39 is 0 Å². The summed E-state index contributed by atoms with van der Waals surface area (Å²) >= 11 is 0. The fourth-order valence-corrected chi connectivity index (χ4v) is 12.3. The Morgan fingerprint density at radius 2 is 1.46 bits per heavy atom. The van der Waals surface area contributed by atoms with E-state index in [9.17, 15) is 10.2 Å². The Kier molecular flexibility index (Phi) is 9.11. The normalized spacial score (nSPS) is 49.0. The number of ether oxygens (including phenoxy) is 1. The maximum atomic E-state index is 12.0. The Hall–Kier alpha value is -0.940. The second-order valence-corrected chi connectivity index (χ2v) is 14.7. The highest BCUT2D eigenvalue weighted by molar-refractivity contribution is 5.32. The Labute approximate surface area is 251 Å². The number of likely N-dealkylation sites (N-methyl/N-ethyl adjacent to an activating group) is 1. The van der Waals surface area contributed by atoms with Crippen LogP contribution in [0.1, 0.15) is 105 Å². The van der Waals surface area contributed by atoms with Gasteiger partial charge in [0.15, 0.2) is 0 Å². The first-order valence-corrected chi connectivity index (χ1v) is 17.5. The Morgan fingerprint density at radius 3 is 2.17 bits per heavy atom. The van der Waals surface area contributed by atoms with E-state index in [1.165, 1.54) is 44.1 Å². The smallest absolute Gasteiger partial charge is 0.0874 e. The monoisotopic (exact) mass is 567 g/mol. The van der Waals surface area contributed by atoms with Gasteiger partial charge in [-0.3, -0.25) is 4.90 Å². The number of aliphatic hydroxyl groups is 2. The third kappa shape index (κ3) is 4.51. The van der Waals surface area contributed by atoms with Gasteiger partial charge in [0.2, 0.25) is 0 Å². The standard InChI is InChI=1S/C33H49NO3.2C2H6/c1-20-24-12-13-25-28-29(36)30-26(11-10-23(37-30)19-34(4)18-22-8-6-5-7-9-22)31(28,3)16-17-33(25)21(2)32(24,33)15-14-27(20)35;2*1-2/h5-9,20-21,23-30,35-36H,10-19H2,1-4H3;2*1-2H3/t20?,21-,23-,24?,25?,26?,27?,28?,29-,30?,31?,32?,33?;;/m1../s1. The molecule has 5 aliphatic carbocycles. The minimum absolute atomic E-state index is 0.00357. The number of nitrogens with zero attached hydrogens (tertiary/aromatic N) is 1. The van der Waals surface area contributed by atoms with Gasteiger partial charge in [0.25, 0.3) is 0 Å². The molecule has 41 heavy (non-hydrogen) atoms. The zero-order chi connectivity index (χ0) is 29.7. The quantitative estimate of drug-likeness (QED) is 0.394. The van der Waals surface area contributed by atoms with Crippen LogP contribution in [0.4, 0.5) is 0 Å². The van der Waals surface area contributed by atoms with Crippen molar-refractivity contribution in [2.24, 2.45) is 51.8 Å². The van der Waals surface area contributed by atoms with Crippen LogP contribution in [-0.2, 0) is 11.3 Å². The molecule has 4 nitrogen and oxygen atoms in total. The molecule has 2 N–H and O–H groups in total. The third-order valence-corrected chi connectivity index (χ3v) is 13.7. The summed E-state index contributed by atoms with van der Waals surface area (Å²) in [6, 6.07) is 10.7. The lowest BCUT2D eigenvalue weighted by Crippen LogP contribution is -2.52. The fraction of sp³-hybridized carbons (Fsp3) is 0.838. The van der Waals surface area contributed by atoms with Crippen LogP contribution in [0.3, 0.4) is 0 Å². The van der Waals surface area contributed by atoms with Crippen molar-refractivity contribution < 1.29 is 14.9 Å². The summed E-state index contributed by atoms with van der Waals surface area (Å²) in [5, 5.41) is 22.8. The van der Waals surface area contributed by atoms with Gasteiger partial charge >= 0.3 is 0 Å². The molecule has 1 aliphatic heterocycles. The van der Waals surface area contributed by atoms with Crippen LogP contribution in [0.5, 0.6) is 0 Å². The van der Waals surface area contributed by atoms with Gasteiger partial charge in [0.05, 0.1) is 24.4 Å². The number of aliphatic hydroxyl groups excluding tert-OH is 2. The largest absolute Gasteiger partial charge is 0.393 e. The average Bonchev–Trinajstić information content (AvgIpc) is 3.44. The zero-order valence-electron chi connectivity index (χ0n) is 27.5. The van der Waals surface area contributed by atoms with E-state index in [-0.39, 0.29) is 29.8 Å².